The summed E-state index contributed by atoms with van der Waals surface area (Å²) in [4.78, 5) is 25.0. The van der Waals surface area contributed by atoms with Crippen molar-refractivity contribution in [1.82, 2.24) is 15.5 Å². The molecule has 3 aromatic rings. The van der Waals surface area contributed by atoms with Crippen LogP contribution in [0, 0.1) is 11.8 Å². The van der Waals surface area contributed by atoms with Crippen molar-refractivity contribution in [2.45, 2.75) is 75.8 Å². The lowest BCUT2D eigenvalue weighted by Gasteiger charge is -2.38. The van der Waals surface area contributed by atoms with E-state index in [0.717, 1.165) is 79.3 Å². The van der Waals surface area contributed by atoms with Crippen LogP contribution in [0.25, 0.3) is 22.4 Å². The molecule has 39 heavy (non-hydrogen) atoms. The number of nitrogens with zero attached hydrogens (tertiary/aromatic N) is 2. The molecule has 3 aliphatic carbocycles. The molecule has 1 aromatic heterocycles. The monoisotopic (exact) mass is 523 g/mol. The summed E-state index contributed by atoms with van der Waals surface area (Å²) in [5, 5.41) is 15.1. The third-order valence-electron chi connectivity index (χ3n) is 8.74. The molecule has 0 atom stereocenters. The number of carbonyl (C=O) groups is 2. The summed E-state index contributed by atoms with van der Waals surface area (Å²) in [6, 6.07) is 20.6. The van der Waals surface area contributed by atoms with E-state index in [1.165, 1.54) is 6.42 Å². The van der Waals surface area contributed by atoms with Gasteiger partial charge in [0.1, 0.15) is 5.69 Å². The van der Waals surface area contributed by atoms with Gasteiger partial charge in [-0.2, -0.15) is 0 Å². The van der Waals surface area contributed by atoms with Crippen LogP contribution in [0.3, 0.4) is 0 Å². The first-order valence-corrected chi connectivity index (χ1v) is 14.4. The van der Waals surface area contributed by atoms with E-state index in [2.05, 4.69) is 45.1 Å². The smallest absolute Gasteiger partial charge is 0.225 e. The van der Waals surface area contributed by atoms with Gasteiger partial charge in [-0.05, 0) is 80.9 Å². The highest BCUT2D eigenvalue weighted by Gasteiger charge is 2.34. The minimum Gasteiger partial charge on any atom is -0.353 e. The largest absolute Gasteiger partial charge is 0.353 e. The zero-order valence-corrected chi connectivity index (χ0v) is 22.4. The van der Waals surface area contributed by atoms with Gasteiger partial charge in [-0.15, -0.1) is 10.2 Å². The van der Waals surface area contributed by atoms with Crippen LogP contribution in [0.5, 0.6) is 0 Å². The van der Waals surface area contributed by atoms with Crippen LogP contribution in [-0.4, -0.2) is 28.1 Å². The number of anilines is 1. The lowest BCUT2D eigenvalue weighted by atomic mass is 9.72. The fourth-order valence-electron chi connectivity index (χ4n) is 5.94. The molecule has 3 aliphatic rings. The van der Waals surface area contributed by atoms with Crippen molar-refractivity contribution in [3.05, 3.63) is 66.2 Å². The van der Waals surface area contributed by atoms with Gasteiger partial charge in [0.05, 0.1) is 0 Å². The molecule has 202 valence electrons. The van der Waals surface area contributed by atoms with Gasteiger partial charge in [0.15, 0.2) is 5.82 Å². The molecule has 7 heteroatoms. The van der Waals surface area contributed by atoms with E-state index in [4.69, 9.17) is 5.73 Å². The highest BCUT2D eigenvalue weighted by Crippen LogP contribution is 2.40. The molecule has 2 aromatic carbocycles. The van der Waals surface area contributed by atoms with Crippen LogP contribution in [-0.2, 0) is 15.1 Å². The van der Waals surface area contributed by atoms with Gasteiger partial charge >= 0.3 is 0 Å². The molecule has 3 saturated carbocycles. The molecule has 7 nitrogen and oxygen atoms in total. The van der Waals surface area contributed by atoms with E-state index in [0.29, 0.717) is 18.2 Å². The average molecular weight is 524 g/mol. The van der Waals surface area contributed by atoms with E-state index < -0.39 is 0 Å². The van der Waals surface area contributed by atoms with Gasteiger partial charge in [0.25, 0.3) is 0 Å². The Labute approximate surface area is 230 Å². The summed E-state index contributed by atoms with van der Waals surface area (Å²) in [5.74, 6) is 1.19. The van der Waals surface area contributed by atoms with Crippen LogP contribution in [0.15, 0.2) is 60.7 Å². The summed E-state index contributed by atoms with van der Waals surface area (Å²) in [7, 11) is 0. The van der Waals surface area contributed by atoms with Crippen molar-refractivity contribution in [2.75, 3.05) is 5.32 Å². The molecule has 0 radical (unpaired) electrons. The Morgan fingerprint density at radius 2 is 1.59 bits per heavy atom. The molecular formula is C32H37N5O2. The molecule has 2 amide bonds. The van der Waals surface area contributed by atoms with Crippen LogP contribution in [0.2, 0.25) is 0 Å². The van der Waals surface area contributed by atoms with Crippen molar-refractivity contribution in [1.29, 1.82) is 0 Å². The molecule has 0 saturated heterocycles. The highest BCUT2D eigenvalue weighted by molar-refractivity contribution is 5.91. The van der Waals surface area contributed by atoms with Gasteiger partial charge in [-0.1, -0.05) is 54.6 Å². The van der Waals surface area contributed by atoms with Crippen LogP contribution in [0.1, 0.15) is 69.8 Å². The fraction of sp³-hybridized carbons (Fsp3) is 0.438. The number of rotatable bonds is 8. The maximum absolute atomic E-state index is 12.9. The predicted octanol–water partition coefficient (Wildman–Crippen LogP) is 5.56. The molecular weight excluding hydrogens is 486 g/mol. The van der Waals surface area contributed by atoms with Crippen LogP contribution >= 0.6 is 0 Å². The van der Waals surface area contributed by atoms with Crippen LogP contribution in [0.4, 0.5) is 5.82 Å². The second-order valence-corrected chi connectivity index (χ2v) is 11.7. The number of nitrogens with one attached hydrogen (secondary N) is 2. The second-order valence-electron chi connectivity index (χ2n) is 11.7. The van der Waals surface area contributed by atoms with Crippen molar-refractivity contribution < 1.29 is 9.59 Å². The molecule has 0 spiro atoms. The van der Waals surface area contributed by atoms with Gasteiger partial charge in [-0.25, -0.2) is 0 Å². The number of nitrogens with two attached hydrogens (primary N) is 1. The minimum atomic E-state index is -0.204. The second kappa shape index (κ2) is 10.9. The number of benzene rings is 2. The Morgan fingerprint density at radius 3 is 2.23 bits per heavy atom. The molecule has 0 aliphatic heterocycles. The van der Waals surface area contributed by atoms with Crippen molar-refractivity contribution in [3.8, 4) is 22.4 Å². The molecule has 0 bridgehead atoms. The van der Waals surface area contributed by atoms with E-state index >= 15 is 0 Å². The molecule has 4 N–H and O–H groups in total. The van der Waals surface area contributed by atoms with E-state index in [1.54, 1.807) is 0 Å². The number of aromatic nitrogens is 2. The highest BCUT2D eigenvalue weighted by atomic mass is 16.2. The Bertz CT molecular complexity index is 1320. The van der Waals surface area contributed by atoms with E-state index in [-0.39, 0.29) is 29.3 Å². The average Bonchev–Trinajstić information content (AvgIpc) is 3.79. The molecule has 3 fully saturated rings. The first-order chi connectivity index (χ1) is 19.0. The third kappa shape index (κ3) is 5.88. The third-order valence-corrected chi connectivity index (χ3v) is 8.74. The Balaban J connectivity index is 1.13. The zero-order chi connectivity index (χ0) is 26.8. The normalized spacial score (nSPS) is 22.0. The number of amides is 2. The van der Waals surface area contributed by atoms with E-state index in [9.17, 15) is 9.59 Å². The SMILES string of the molecule is NC1(c2ccc(-c3nnc(NC(=O)C[C@H]4CC[C@H](NC(=O)C5CC5)CC4)cc3-c3ccccc3)cc2)CCC1. The summed E-state index contributed by atoms with van der Waals surface area (Å²) in [6.45, 7) is 0. The predicted molar refractivity (Wildman–Crippen MR) is 152 cm³/mol. The first kappa shape index (κ1) is 25.7. The minimum absolute atomic E-state index is 0.0420. The summed E-state index contributed by atoms with van der Waals surface area (Å²) in [6.07, 6.45) is 9.50. The van der Waals surface area contributed by atoms with Gasteiger partial charge in [0, 0.05) is 35.0 Å². The maximum atomic E-state index is 12.9. The lowest BCUT2D eigenvalue weighted by molar-refractivity contribution is -0.123. The number of carbonyl (C=O) groups excluding carboxylic acids is 2. The number of hydrogen-bond acceptors (Lipinski definition) is 5. The van der Waals surface area contributed by atoms with Crippen LogP contribution < -0.4 is 16.4 Å². The topological polar surface area (TPSA) is 110 Å². The Kier molecular flexibility index (Phi) is 7.17. The van der Waals surface area contributed by atoms with Gasteiger partial charge in [-0.3, -0.25) is 9.59 Å². The van der Waals surface area contributed by atoms with Gasteiger partial charge in [0.2, 0.25) is 11.8 Å². The van der Waals surface area contributed by atoms with Gasteiger partial charge < -0.3 is 16.4 Å². The number of hydrogen-bond donors (Lipinski definition) is 3. The standard InChI is InChI=1S/C32H37N5O2/c33-32(17-4-18-32)25-13-11-23(12-14-25)30-27(22-5-2-1-3-6-22)20-28(36-37-30)35-29(38)19-21-7-15-26(16-8-21)34-31(39)24-9-10-24/h1-3,5-6,11-14,20-21,24,26H,4,7-10,15-19,33H2,(H,34,39)(H,35,36,38)/t21-,26-. The maximum Gasteiger partial charge on any atom is 0.225 e. The lowest BCUT2D eigenvalue weighted by Crippen LogP contribution is -2.43. The molecule has 0 unspecified atom stereocenters. The summed E-state index contributed by atoms with van der Waals surface area (Å²) in [5.41, 5.74) is 11.2. The quantitative estimate of drug-likeness (QED) is 0.358. The summed E-state index contributed by atoms with van der Waals surface area (Å²) >= 11 is 0. The van der Waals surface area contributed by atoms with Crippen molar-refractivity contribution in [3.63, 3.8) is 0 Å². The first-order valence-electron chi connectivity index (χ1n) is 14.4. The molecule has 1 heterocycles. The zero-order valence-electron chi connectivity index (χ0n) is 22.4. The fourth-order valence-corrected chi connectivity index (χ4v) is 5.94. The molecule has 6 rings (SSSR count). The van der Waals surface area contributed by atoms with E-state index in [1.807, 2.05) is 36.4 Å². The summed E-state index contributed by atoms with van der Waals surface area (Å²) < 4.78 is 0. The van der Waals surface area contributed by atoms with Crippen molar-refractivity contribution in [2.24, 2.45) is 17.6 Å². The Morgan fingerprint density at radius 1 is 0.872 bits per heavy atom. The Hall–Kier alpha value is -3.58. The van der Waals surface area contributed by atoms with Crippen molar-refractivity contribution >= 4 is 17.6 Å².